The van der Waals surface area contributed by atoms with Crippen molar-refractivity contribution in [3.05, 3.63) is 95.3 Å². The van der Waals surface area contributed by atoms with E-state index in [-0.39, 0.29) is 12.1 Å². The minimum atomic E-state index is -4.43. The number of hydrogen-bond donors (Lipinski definition) is 1. The molecule has 0 aliphatic rings. The molecule has 0 aliphatic heterocycles. The number of alkyl halides is 3. The van der Waals surface area contributed by atoms with Gasteiger partial charge in [-0.3, -0.25) is 9.78 Å². The Bertz CT molecular complexity index is 926. The monoisotopic (exact) mass is 386 g/mol. The second-order valence-corrected chi connectivity index (χ2v) is 6.01. The number of nitrogens with one attached hydrogen (secondary N) is 1. The summed E-state index contributed by atoms with van der Waals surface area (Å²) in [6, 6.07) is 16.8. The van der Waals surface area contributed by atoms with Crippen molar-refractivity contribution in [2.75, 3.05) is 0 Å². The Balaban J connectivity index is 1.56. The molecular formula is C21H17F3N2O2. The van der Waals surface area contributed by atoms with Gasteiger partial charge in [0.2, 0.25) is 0 Å². The van der Waals surface area contributed by atoms with Gasteiger partial charge in [-0.25, -0.2) is 0 Å². The zero-order valence-corrected chi connectivity index (χ0v) is 14.7. The fourth-order valence-corrected chi connectivity index (χ4v) is 2.48. The number of aromatic nitrogens is 1. The van der Waals surface area contributed by atoms with Crippen LogP contribution in [-0.2, 0) is 19.3 Å². The predicted molar refractivity (Wildman–Crippen MR) is 97.6 cm³/mol. The largest absolute Gasteiger partial charge is 0.487 e. The average molecular weight is 386 g/mol. The quantitative estimate of drug-likeness (QED) is 0.673. The summed E-state index contributed by atoms with van der Waals surface area (Å²) >= 11 is 0. The normalized spacial score (nSPS) is 11.1. The van der Waals surface area contributed by atoms with E-state index in [1.165, 1.54) is 0 Å². The van der Waals surface area contributed by atoms with Gasteiger partial charge in [-0.05, 0) is 54.1 Å². The first kappa shape index (κ1) is 19.4. The number of ether oxygens (including phenoxy) is 1. The summed E-state index contributed by atoms with van der Waals surface area (Å²) in [5.74, 6) is 0.181. The van der Waals surface area contributed by atoms with E-state index in [1.807, 2.05) is 24.3 Å². The Hall–Kier alpha value is -3.35. The number of carbonyl (C=O) groups excluding carboxylic acids is 1. The van der Waals surface area contributed by atoms with E-state index >= 15 is 0 Å². The van der Waals surface area contributed by atoms with Crippen molar-refractivity contribution in [2.45, 2.75) is 19.3 Å². The second kappa shape index (κ2) is 8.56. The lowest BCUT2D eigenvalue weighted by Gasteiger charge is -2.10. The Morgan fingerprint density at radius 2 is 1.79 bits per heavy atom. The van der Waals surface area contributed by atoms with Crippen LogP contribution in [-0.4, -0.2) is 10.9 Å². The maximum absolute atomic E-state index is 12.6. The van der Waals surface area contributed by atoms with Crippen LogP contribution in [0.15, 0.2) is 72.9 Å². The number of nitrogens with zero attached hydrogens (tertiary/aromatic N) is 1. The van der Waals surface area contributed by atoms with Crippen LogP contribution in [0.25, 0.3) is 0 Å². The molecule has 0 spiro atoms. The maximum Gasteiger partial charge on any atom is 0.416 e. The molecule has 0 bridgehead atoms. The molecule has 0 atom stereocenters. The van der Waals surface area contributed by atoms with Gasteiger partial charge in [-0.2, -0.15) is 13.2 Å². The van der Waals surface area contributed by atoms with Crippen molar-refractivity contribution < 1.29 is 22.7 Å². The third-order valence-corrected chi connectivity index (χ3v) is 3.94. The zero-order chi connectivity index (χ0) is 20.0. The molecule has 3 aromatic rings. The highest BCUT2D eigenvalue weighted by molar-refractivity contribution is 5.94. The molecule has 0 radical (unpaired) electrons. The molecule has 1 aromatic heterocycles. The molecule has 0 saturated heterocycles. The lowest BCUT2D eigenvalue weighted by atomic mass is 10.1. The number of benzene rings is 2. The van der Waals surface area contributed by atoms with Gasteiger partial charge in [0.1, 0.15) is 12.4 Å². The standard InChI is InChI=1S/C21H17F3N2O2/c22-21(23,24)17-9-7-16(8-10-17)20(27)26-13-15-4-3-6-19(12-15)28-14-18-5-1-2-11-25-18/h1-12H,13-14H2,(H,26,27). The van der Waals surface area contributed by atoms with Gasteiger partial charge < -0.3 is 10.1 Å². The highest BCUT2D eigenvalue weighted by atomic mass is 19.4. The highest BCUT2D eigenvalue weighted by Crippen LogP contribution is 2.29. The molecule has 0 saturated carbocycles. The first-order chi connectivity index (χ1) is 13.4. The number of halogens is 3. The van der Waals surface area contributed by atoms with E-state index in [2.05, 4.69) is 10.3 Å². The summed E-state index contributed by atoms with van der Waals surface area (Å²) in [6.45, 7) is 0.544. The van der Waals surface area contributed by atoms with Gasteiger partial charge in [0.25, 0.3) is 5.91 Å². The summed E-state index contributed by atoms with van der Waals surface area (Å²) in [5.41, 5.74) is 0.972. The predicted octanol–water partition coefficient (Wildman–Crippen LogP) is 4.61. The van der Waals surface area contributed by atoms with Gasteiger partial charge in [0, 0.05) is 18.3 Å². The zero-order valence-electron chi connectivity index (χ0n) is 14.7. The summed E-state index contributed by atoms with van der Waals surface area (Å²) < 4.78 is 43.4. The van der Waals surface area contributed by atoms with Crippen LogP contribution < -0.4 is 10.1 Å². The molecule has 144 valence electrons. The molecular weight excluding hydrogens is 369 g/mol. The van der Waals surface area contributed by atoms with Crippen LogP contribution in [0, 0.1) is 0 Å². The van der Waals surface area contributed by atoms with E-state index in [1.54, 1.807) is 24.4 Å². The van der Waals surface area contributed by atoms with Crippen molar-refractivity contribution >= 4 is 5.91 Å². The van der Waals surface area contributed by atoms with E-state index < -0.39 is 17.6 Å². The number of rotatable bonds is 6. The fourth-order valence-electron chi connectivity index (χ4n) is 2.48. The molecule has 28 heavy (non-hydrogen) atoms. The highest BCUT2D eigenvalue weighted by Gasteiger charge is 2.30. The van der Waals surface area contributed by atoms with Crippen LogP contribution in [0.2, 0.25) is 0 Å². The minimum Gasteiger partial charge on any atom is -0.487 e. The van der Waals surface area contributed by atoms with E-state index in [9.17, 15) is 18.0 Å². The Morgan fingerprint density at radius 1 is 1.00 bits per heavy atom. The Morgan fingerprint density at radius 3 is 2.46 bits per heavy atom. The maximum atomic E-state index is 12.6. The molecule has 7 heteroatoms. The average Bonchev–Trinajstić information content (AvgIpc) is 2.71. The summed E-state index contributed by atoms with van der Waals surface area (Å²) in [5, 5.41) is 2.69. The van der Waals surface area contributed by atoms with Gasteiger partial charge in [0.15, 0.2) is 0 Å². The van der Waals surface area contributed by atoms with E-state index in [0.717, 1.165) is 35.5 Å². The number of carbonyl (C=O) groups is 1. The van der Waals surface area contributed by atoms with Crippen LogP contribution in [0.4, 0.5) is 13.2 Å². The second-order valence-electron chi connectivity index (χ2n) is 6.01. The van der Waals surface area contributed by atoms with Crippen LogP contribution in [0.3, 0.4) is 0 Å². The van der Waals surface area contributed by atoms with Crippen molar-refractivity contribution in [1.29, 1.82) is 0 Å². The smallest absolute Gasteiger partial charge is 0.416 e. The molecule has 0 unspecified atom stereocenters. The molecule has 2 aromatic carbocycles. The van der Waals surface area contributed by atoms with Crippen LogP contribution in [0.1, 0.15) is 27.2 Å². The lowest BCUT2D eigenvalue weighted by Crippen LogP contribution is -2.22. The third kappa shape index (κ3) is 5.33. The topological polar surface area (TPSA) is 51.2 Å². The van der Waals surface area contributed by atoms with Gasteiger partial charge in [-0.1, -0.05) is 18.2 Å². The van der Waals surface area contributed by atoms with Gasteiger partial charge in [-0.15, -0.1) is 0 Å². The minimum absolute atomic E-state index is 0.163. The van der Waals surface area contributed by atoms with E-state index in [4.69, 9.17) is 4.74 Å². The van der Waals surface area contributed by atoms with Gasteiger partial charge in [0.05, 0.1) is 11.3 Å². The third-order valence-electron chi connectivity index (χ3n) is 3.94. The first-order valence-electron chi connectivity index (χ1n) is 8.49. The molecule has 1 heterocycles. The molecule has 3 rings (SSSR count). The summed E-state index contributed by atoms with van der Waals surface area (Å²) in [6.07, 6.45) is -2.74. The molecule has 1 amide bonds. The molecule has 4 nitrogen and oxygen atoms in total. The van der Waals surface area contributed by atoms with Crippen molar-refractivity contribution in [2.24, 2.45) is 0 Å². The van der Waals surface area contributed by atoms with Crippen molar-refractivity contribution in [3.63, 3.8) is 0 Å². The summed E-state index contributed by atoms with van der Waals surface area (Å²) in [7, 11) is 0. The Labute approximate surface area is 160 Å². The van der Waals surface area contributed by atoms with Crippen molar-refractivity contribution in [3.8, 4) is 5.75 Å². The number of pyridine rings is 1. The summed E-state index contributed by atoms with van der Waals surface area (Å²) in [4.78, 5) is 16.3. The number of hydrogen-bond acceptors (Lipinski definition) is 3. The molecule has 0 fully saturated rings. The Kier molecular flexibility index (Phi) is 5.93. The molecule has 1 N–H and O–H groups in total. The SMILES string of the molecule is O=C(NCc1cccc(OCc2ccccn2)c1)c1ccc(C(F)(F)F)cc1. The van der Waals surface area contributed by atoms with Gasteiger partial charge >= 0.3 is 6.18 Å². The van der Waals surface area contributed by atoms with E-state index in [0.29, 0.717) is 12.4 Å². The molecule has 0 aliphatic carbocycles. The first-order valence-corrected chi connectivity index (χ1v) is 8.49. The lowest BCUT2D eigenvalue weighted by molar-refractivity contribution is -0.137. The van der Waals surface area contributed by atoms with Crippen LogP contribution >= 0.6 is 0 Å². The van der Waals surface area contributed by atoms with Crippen LogP contribution in [0.5, 0.6) is 5.75 Å². The fraction of sp³-hybridized carbons (Fsp3) is 0.143. The van der Waals surface area contributed by atoms with Crippen molar-refractivity contribution in [1.82, 2.24) is 10.3 Å². The number of amides is 1.